The highest BCUT2D eigenvalue weighted by atomic mass is 19.1. The molecule has 118 valence electrons. The molecule has 0 radical (unpaired) electrons. The molecule has 2 fully saturated rings. The summed E-state index contributed by atoms with van der Waals surface area (Å²) in [6.45, 7) is 3.39. The average molecular weight is 306 g/mol. The van der Waals surface area contributed by atoms with Gasteiger partial charge in [0.25, 0.3) is 0 Å². The molecule has 3 rings (SSSR count). The van der Waals surface area contributed by atoms with Gasteiger partial charge in [-0.2, -0.15) is 0 Å². The summed E-state index contributed by atoms with van der Waals surface area (Å²) in [5.41, 5.74) is 0.428. The lowest BCUT2D eigenvalue weighted by Gasteiger charge is -2.45. The molecule has 5 nitrogen and oxygen atoms in total. The Balaban J connectivity index is 1.54. The summed E-state index contributed by atoms with van der Waals surface area (Å²) in [7, 11) is 1.69. The summed E-state index contributed by atoms with van der Waals surface area (Å²) in [5.74, 6) is -0.217. The number of carbonyl (C=O) groups excluding carboxylic acids is 2. The molecular weight excluding hydrogens is 287 g/mol. The molecule has 1 spiro atoms. The van der Waals surface area contributed by atoms with Gasteiger partial charge in [0.05, 0.1) is 19.6 Å². The number of nitrogens with zero attached hydrogens (tertiary/aromatic N) is 2. The van der Waals surface area contributed by atoms with E-state index in [0.717, 1.165) is 5.56 Å². The first-order valence-electron chi connectivity index (χ1n) is 7.36. The number of ether oxygens (including phenoxy) is 1. The lowest BCUT2D eigenvalue weighted by molar-refractivity contribution is -0.150. The van der Waals surface area contributed by atoms with Crippen LogP contribution < -0.4 is 0 Å². The standard InChI is InChI=1S/C16H19FN2O3/c1-11(12-3-5-13(17)6-4-12)7-14(20)19-9-16(10-19)8-18(2)15(21)22-16/h3-6,11H,7-10H2,1-2H3/t11-/m1/s1. The quantitative estimate of drug-likeness (QED) is 0.858. The summed E-state index contributed by atoms with van der Waals surface area (Å²) in [6.07, 6.45) is 0.0395. The molecule has 2 saturated heterocycles. The molecule has 2 amide bonds. The van der Waals surface area contributed by atoms with Crippen LogP contribution in [0.5, 0.6) is 0 Å². The Labute approximate surface area is 128 Å². The maximum atomic E-state index is 12.9. The average Bonchev–Trinajstić information content (AvgIpc) is 2.74. The molecule has 0 N–H and O–H groups in total. The number of benzene rings is 1. The van der Waals surface area contributed by atoms with E-state index >= 15 is 0 Å². The molecule has 1 atom stereocenters. The molecule has 0 aliphatic carbocycles. The fourth-order valence-corrected chi connectivity index (χ4v) is 3.08. The van der Waals surface area contributed by atoms with E-state index in [0.29, 0.717) is 26.1 Å². The zero-order chi connectivity index (χ0) is 15.9. The summed E-state index contributed by atoms with van der Waals surface area (Å²) in [6, 6.07) is 6.22. The molecule has 0 aromatic heterocycles. The van der Waals surface area contributed by atoms with E-state index in [1.54, 1.807) is 24.1 Å². The fourth-order valence-electron chi connectivity index (χ4n) is 3.08. The Kier molecular flexibility index (Phi) is 3.54. The Morgan fingerprint density at radius 2 is 1.95 bits per heavy atom. The lowest BCUT2D eigenvalue weighted by Crippen LogP contribution is -2.65. The SMILES string of the molecule is C[C@H](CC(=O)N1CC2(CN(C)C(=O)O2)C1)c1ccc(F)cc1. The minimum atomic E-state index is -0.513. The van der Waals surface area contributed by atoms with E-state index in [9.17, 15) is 14.0 Å². The third kappa shape index (κ3) is 2.65. The molecular formula is C16H19FN2O3. The summed E-state index contributed by atoms with van der Waals surface area (Å²) < 4.78 is 18.2. The Morgan fingerprint density at radius 1 is 1.32 bits per heavy atom. The van der Waals surface area contributed by atoms with E-state index in [1.165, 1.54) is 17.0 Å². The van der Waals surface area contributed by atoms with Gasteiger partial charge >= 0.3 is 6.09 Å². The van der Waals surface area contributed by atoms with Crippen molar-refractivity contribution < 1.29 is 18.7 Å². The van der Waals surface area contributed by atoms with Crippen LogP contribution in [0.3, 0.4) is 0 Å². The van der Waals surface area contributed by atoms with Crippen LogP contribution in [0.25, 0.3) is 0 Å². The van der Waals surface area contributed by atoms with Gasteiger partial charge in [-0.1, -0.05) is 19.1 Å². The van der Waals surface area contributed by atoms with Gasteiger partial charge in [-0.05, 0) is 23.6 Å². The monoisotopic (exact) mass is 306 g/mol. The van der Waals surface area contributed by atoms with Gasteiger partial charge in [-0.3, -0.25) is 4.79 Å². The van der Waals surface area contributed by atoms with Gasteiger partial charge < -0.3 is 14.5 Å². The molecule has 1 aromatic rings. The van der Waals surface area contributed by atoms with E-state index in [-0.39, 0.29) is 23.7 Å². The smallest absolute Gasteiger partial charge is 0.410 e. The van der Waals surface area contributed by atoms with Crippen molar-refractivity contribution >= 4 is 12.0 Å². The number of likely N-dealkylation sites (N-methyl/N-ethyl adjacent to an activating group) is 1. The van der Waals surface area contributed by atoms with Crippen molar-refractivity contribution in [1.29, 1.82) is 0 Å². The molecule has 2 aliphatic rings. The van der Waals surface area contributed by atoms with Gasteiger partial charge in [-0.25, -0.2) is 9.18 Å². The number of likely N-dealkylation sites (tertiary alicyclic amines) is 1. The van der Waals surface area contributed by atoms with Crippen molar-refractivity contribution in [3.05, 3.63) is 35.6 Å². The van der Waals surface area contributed by atoms with Crippen LogP contribution in [0.1, 0.15) is 24.8 Å². The van der Waals surface area contributed by atoms with Gasteiger partial charge in [0, 0.05) is 13.5 Å². The molecule has 0 unspecified atom stereocenters. The summed E-state index contributed by atoms with van der Waals surface area (Å²) in [4.78, 5) is 26.9. The van der Waals surface area contributed by atoms with Crippen LogP contribution in [0.15, 0.2) is 24.3 Å². The molecule has 6 heteroatoms. The Bertz CT molecular complexity index is 596. The van der Waals surface area contributed by atoms with E-state index in [2.05, 4.69) is 0 Å². The zero-order valence-corrected chi connectivity index (χ0v) is 12.7. The summed E-state index contributed by atoms with van der Waals surface area (Å²) in [5, 5.41) is 0. The zero-order valence-electron chi connectivity index (χ0n) is 12.7. The van der Waals surface area contributed by atoms with E-state index < -0.39 is 5.60 Å². The van der Waals surface area contributed by atoms with Crippen molar-refractivity contribution in [2.24, 2.45) is 0 Å². The molecule has 0 saturated carbocycles. The largest absolute Gasteiger partial charge is 0.437 e. The van der Waals surface area contributed by atoms with Crippen LogP contribution in [0.2, 0.25) is 0 Å². The number of hydrogen-bond acceptors (Lipinski definition) is 3. The maximum Gasteiger partial charge on any atom is 0.410 e. The van der Waals surface area contributed by atoms with Crippen LogP contribution in [0.4, 0.5) is 9.18 Å². The summed E-state index contributed by atoms with van der Waals surface area (Å²) >= 11 is 0. The van der Waals surface area contributed by atoms with Gasteiger partial charge in [0.2, 0.25) is 5.91 Å². The molecule has 2 aliphatic heterocycles. The molecule has 1 aromatic carbocycles. The van der Waals surface area contributed by atoms with Crippen molar-refractivity contribution in [2.45, 2.75) is 24.9 Å². The number of carbonyl (C=O) groups is 2. The normalized spacial score (nSPS) is 20.8. The highest BCUT2D eigenvalue weighted by Gasteiger charge is 2.54. The fraction of sp³-hybridized carbons (Fsp3) is 0.500. The van der Waals surface area contributed by atoms with Gasteiger partial charge in [-0.15, -0.1) is 0 Å². The minimum Gasteiger partial charge on any atom is -0.437 e. The minimum absolute atomic E-state index is 0.0263. The molecule has 0 bridgehead atoms. The number of halogens is 1. The van der Waals surface area contributed by atoms with Gasteiger partial charge in [0.15, 0.2) is 5.60 Å². The first kappa shape index (κ1) is 14.8. The lowest BCUT2D eigenvalue weighted by atomic mass is 9.91. The highest BCUT2D eigenvalue weighted by molar-refractivity contribution is 5.79. The van der Waals surface area contributed by atoms with E-state index in [4.69, 9.17) is 4.74 Å². The third-order valence-corrected chi connectivity index (χ3v) is 4.37. The number of amides is 2. The van der Waals surface area contributed by atoms with Crippen molar-refractivity contribution in [1.82, 2.24) is 9.80 Å². The maximum absolute atomic E-state index is 12.9. The van der Waals surface area contributed by atoms with Crippen LogP contribution >= 0.6 is 0 Å². The predicted octanol–water partition coefficient (Wildman–Crippen LogP) is 1.98. The van der Waals surface area contributed by atoms with Crippen LogP contribution in [0, 0.1) is 5.82 Å². The van der Waals surface area contributed by atoms with Crippen molar-refractivity contribution in [3.8, 4) is 0 Å². The topological polar surface area (TPSA) is 49.9 Å². The third-order valence-electron chi connectivity index (χ3n) is 4.37. The first-order chi connectivity index (χ1) is 10.4. The molecule has 22 heavy (non-hydrogen) atoms. The predicted molar refractivity (Wildman–Crippen MR) is 77.9 cm³/mol. The second-order valence-electron chi connectivity index (χ2n) is 6.31. The van der Waals surface area contributed by atoms with Crippen LogP contribution in [-0.4, -0.2) is 54.1 Å². The Hall–Kier alpha value is -2.11. The molecule has 2 heterocycles. The highest BCUT2D eigenvalue weighted by Crippen LogP contribution is 2.33. The second kappa shape index (κ2) is 5.26. The Morgan fingerprint density at radius 3 is 2.50 bits per heavy atom. The number of hydrogen-bond donors (Lipinski definition) is 0. The van der Waals surface area contributed by atoms with Crippen molar-refractivity contribution in [3.63, 3.8) is 0 Å². The number of rotatable bonds is 3. The van der Waals surface area contributed by atoms with Crippen molar-refractivity contribution in [2.75, 3.05) is 26.7 Å². The van der Waals surface area contributed by atoms with Crippen LogP contribution in [-0.2, 0) is 9.53 Å². The first-order valence-corrected chi connectivity index (χ1v) is 7.36. The van der Waals surface area contributed by atoms with E-state index in [1.807, 2.05) is 6.92 Å². The van der Waals surface area contributed by atoms with Gasteiger partial charge in [0.1, 0.15) is 5.82 Å². The second-order valence-corrected chi connectivity index (χ2v) is 6.31.